The van der Waals surface area contributed by atoms with Gasteiger partial charge in [-0.05, 0) is 54.4 Å². The van der Waals surface area contributed by atoms with Crippen molar-refractivity contribution in [2.75, 3.05) is 13.2 Å². The van der Waals surface area contributed by atoms with Crippen molar-refractivity contribution >= 4 is 24.5 Å². The molecule has 0 saturated carbocycles. The van der Waals surface area contributed by atoms with E-state index in [0.717, 1.165) is 30.0 Å². The Morgan fingerprint density at radius 1 is 0.889 bits per heavy atom. The van der Waals surface area contributed by atoms with E-state index in [9.17, 15) is 0 Å². The van der Waals surface area contributed by atoms with Crippen LogP contribution in [0.1, 0.15) is 65.5 Å². The van der Waals surface area contributed by atoms with Gasteiger partial charge in [0.1, 0.15) is 0 Å². The number of ether oxygens (including phenoxy) is 1. The molecule has 1 saturated heterocycles. The first-order valence-electron chi connectivity index (χ1n) is 8.98. The number of rotatable bonds is 1. The SMILES string of the molecule is C1CCOC1.CC(C)(C)O.CC(C)(C)O.Cc1cccc(C)c1[N]=[W]([Cl])[Cl]. The van der Waals surface area contributed by atoms with Crippen molar-refractivity contribution in [2.45, 2.75) is 79.4 Å². The van der Waals surface area contributed by atoms with Crippen LogP contribution >= 0.6 is 18.8 Å². The van der Waals surface area contributed by atoms with E-state index < -0.39 is 26.2 Å². The fraction of sp³-hybridized carbons (Fsp3) is 0.700. The molecule has 0 radical (unpaired) electrons. The van der Waals surface area contributed by atoms with Crippen molar-refractivity contribution in [3.8, 4) is 0 Å². The molecule has 2 rings (SSSR count). The predicted molar refractivity (Wildman–Crippen MR) is 114 cm³/mol. The van der Waals surface area contributed by atoms with Gasteiger partial charge in [0, 0.05) is 13.2 Å². The van der Waals surface area contributed by atoms with Gasteiger partial charge < -0.3 is 14.9 Å². The zero-order chi connectivity index (χ0) is 21.7. The molecule has 1 aromatic rings. The van der Waals surface area contributed by atoms with Crippen molar-refractivity contribution < 1.29 is 30.0 Å². The Bertz CT molecular complexity index is 493. The summed E-state index contributed by atoms with van der Waals surface area (Å²) in [6.45, 7) is 16.5. The van der Waals surface area contributed by atoms with Crippen LogP contribution in [-0.2, 0) is 19.8 Å². The molecular formula is C20H37Cl2NO3W. The Morgan fingerprint density at radius 2 is 1.22 bits per heavy atom. The van der Waals surface area contributed by atoms with Gasteiger partial charge in [0.15, 0.2) is 0 Å². The second-order valence-corrected chi connectivity index (χ2v) is 16.3. The number of hydrogen-bond donors (Lipinski definition) is 2. The van der Waals surface area contributed by atoms with Gasteiger partial charge in [0.2, 0.25) is 0 Å². The van der Waals surface area contributed by atoms with Gasteiger partial charge in [-0.25, -0.2) is 0 Å². The fourth-order valence-electron chi connectivity index (χ4n) is 1.53. The third-order valence-electron chi connectivity index (χ3n) is 2.43. The molecule has 1 aliphatic heterocycles. The van der Waals surface area contributed by atoms with Crippen LogP contribution in [0.3, 0.4) is 0 Å². The van der Waals surface area contributed by atoms with Gasteiger partial charge in [0.25, 0.3) is 0 Å². The normalized spacial score (nSPS) is 13.5. The van der Waals surface area contributed by atoms with Crippen molar-refractivity contribution in [3.63, 3.8) is 0 Å². The second kappa shape index (κ2) is 15.1. The summed E-state index contributed by atoms with van der Waals surface area (Å²) < 4.78 is 9.23. The van der Waals surface area contributed by atoms with Crippen molar-refractivity contribution in [1.82, 2.24) is 0 Å². The molecule has 1 aliphatic rings. The van der Waals surface area contributed by atoms with E-state index >= 15 is 0 Å². The van der Waals surface area contributed by atoms with Crippen LogP contribution in [-0.4, -0.2) is 34.6 Å². The molecule has 160 valence electrons. The summed E-state index contributed by atoms with van der Waals surface area (Å²) in [6, 6.07) is 6.05. The average molecular weight is 594 g/mol. The third-order valence-corrected chi connectivity index (χ3v) is 4.71. The van der Waals surface area contributed by atoms with Crippen molar-refractivity contribution in [2.24, 2.45) is 3.50 Å². The Balaban J connectivity index is 0. The van der Waals surface area contributed by atoms with Gasteiger partial charge >= 0.3 is 86.2 Å². The molecule has 0 bridgehead atoms. The predicted octanol–water partition coefficient (Wildman–Crippen LogP) is 6.40. The number of halogens is 2. The van der Waals surface area contributed by atoms with E-state index in [4.69, 9.17) is 33.8 Å². The Labute approximate surface area is 179 Å². The zero-order valence-electron chi connectivity index (χ0n) is 18.0. The van der Waals surface area contributed by atoms with Crippen LogP contribution < -0.4 is 0 Å². The molecule has 0 aliphatic carbocycles. The molecule has 1 heterocycles. The standard InChI is InChI=1S/C8H9N.C4H8O.2C4H10O.2ClH.W/c1-6-4-3-5-7(2)8(6)9;1-2-4-5-3-1;2*1-4(2,3)5;;;/h3-5H,1-2H3;1-4H2;2*5H,1-3H3;2*1H;/q;;;;;;+2/p-2. The summed E-state index contributed by atoms with van der Waals surface area (Å²) in [5.74, 6) is 0. The summed E-state index contributed by atoms with van der Waals surface area (Å²) in [5.41, 5.74) is 2.28. The van der Waals surface area contributed by atoms with Crippen LogP contribution in [0, 0.1) is 13.8 Å². The van der Waals surface area contributed by atoms with Crippen LogP contribution in [0.4, 0.5) is 5.69 Å². The van der Waals surface area contributed by atoms with Gasteiger partial charge in [-0.2, -0.15) is 0 Å². The molecule has 2 N–H and O–H groups in total. The van der Waals surface area contributed by atoms with Crippen LogP contribution in [0.15, 0.2) is 21.7 Å². The van der Waals surface area contributed by atoms with Gasteiger partial charge in [-0.3, -0.25) is 0 Å². The molecule has 0 amide bonds. The number of aliphatic hydroxyl groups is 2. The number of aryl methyl sites for hydroxylation is 2. The van der Waals surface area contributed by atoms with E-state index in [1.54, 1.807) is 41.5 Å². The molecule has 0 unspecified atom stereocenters. The molecule has 7 heteroatoms. The molecule has 27 heavy (non-hydrogen) atoms. The number of nitrogens with zero attached hydrogens (tertiary/aromatic N) is 1. The van der Waals surface area contributed by atoms with Crippen LogP contribution in [0.25, 0.3) is 0 Å². The monoisotopic (exact) mass is 593 g/mol. The Kier molecular flexibility index (Phi) is 16.4. The van der Waals surface area contributed by atoms with E-state index in [-0.39, 0.29) is 0 Å². The first-order chi connectivity index (χ1) is 12.1. The van der Waals surface area contributed by atoms with E-state index in [2.05, 4.69) is 3.50 Å². The number of benzene rings is 1. The van der Waals surface area contributed by atoms with Crippen LogP contribution in [0.5, 0.6) is 0 Å². The molecule has 1 aromatic carbocycles. The Hall–Kier alpha value is 0.168. The third kappa shape index (κ3) is 28.5. The topological polar surface area (TPSA) is 62.0 Å². The maximum atomic E-state index is 8.52. The molecule has 1 fully saturated rings. The summed E-state index contributed by atoms with van der Waals surface area (Å²) in [6.07, 6.45) is 2.56. The minimum absolute atomic E-state index is 0.500. The molecule has 4 nitrogen and oxygen atoms in total. The molecule has 0 aromatic heterocycles. The zero-order valence-corrected chi connectivity index (χ0v) is 22.4. The van der Waals surface area contributed by atoms with Crippen LogP contribution in [0.2, 0.25) is 0 Å². The van der Waals surface area contributed by atoms with E-state index in [0.29, 0.717) is 0 Å². The Morgan fingerprint density at radius 3 is 1.44 bits per heavy atom. The van der Waals surface area contributed by atoms with Gasteiger partial charge in [-0.1, -0.05) is 0 Å². The molecule has 0 atom stereocenters. The summed E-state index contributed by atoms with van der Waals surface area (Å²) in [4.78, 5) is 0. The van der Waals surface area contributed by atoms with Crippen molar-refractivity contribution in [3.05, 3.63) is 29.3 Å². The average Bonchev–Trinajstić information content (AvgIpc) is 2.98. The van der Waals surface area contributed by atoms with Crippen molar-refractivity contribution in [1.29, 1.82) is 0 Å². The molecular weight excluding hydrogens is 557 g/mol. The van der Waals surface area contributed by atoms with Gasteiger partial charge in [-0.15, -0.1) is 0 Å². The van der Waals surface area contributed by atoms with E-state index in [1.807, 2.05) is 32.0 Å². The summed E-state index contributed by atoms with van der Waals surface area (Å²) in [5, 5.41) is 17.0. The summed E-state index contributed by atoms with van der Waals surface area (Å²) in [7, 11) is 11.5. The summed E-state index contributed by atoms with van der Waals surface area (Å²) >= 11 is -2.37. The quantitative estimate of drug-likeness (QED) is 0.396. The first kappa shape index (κ1) is 29.4. The first-order valence-corrected chi connectivity index (χ1v) is 17.6. The fourth-order valence-corrected chi connectivity index (χ4v) is 4.19. The van der Waals surface area contributed by atoms with E-state index in [1.165, 1.54) is 12.8 Å². The maximum absolute atomic E-state index is 8.52. The molecule has 0 spiro atoms. The van der Waals surface area contributed by atoms with Gasteiger partial charge in [0.05, 0.1) is 11.2 Å². The number of hydrogen-bond acceptors (Lipinski definition) is 4. The second-order valence-electron chi connectivity index (χ2n) is 8.19. The minimum atomic E-state index is -2.37.